The van der Waals surface area contributed by atoms with Gasteiger partial charge < -0.3 is 29.5 Å². The van der Waals surface area contributed by atoms with Crippen molar-refractivity contribution in [1.29, 1.82) is 0 Å². The van der Waals surface area contributed by atoms with Crippen LogP contribution in [0.5, 0.6) is 17.2 Å². The molecular formula is C32H32N10O3. The van der Waals surface area contributed by atoms with Crippen molar-refractivity contribution in [1.82, 2.24) is 39.3 Å². The molecule has 3 aliphatic heterocycles. The number of nitrogens with zero attached hydrogens (tertiary/aromatic N) is 9. The second-order valence-electron chi connectivity index (χ2n) is 11.8. The molecule has 1 amide bonds. The number of carbonyl (C=O) groups is 1. The first-order valence-electron chi connectivity index (χ1n) is 15.0. The Kier molecular flexibility index (Phi) is 6.67. The molecule has 1 N–H and O–H groups in total. The zero-order valence-electron chi connectivity index (χ0n) is 25.0. The number of pyridine rings is 2. The quantitative estimate of drug-likeness (QED) is 0.287. The van der Waals surface area contributed by atoms with Crippen molar-refractivity contribution < 1.29 is 14.3 Å². The van der Waals surface area contributed by atoms with Crippen LogP contribution in [0.2, 0.25) is 0 Å². The number of rotatable bonds is 6. The van der Waals surface area contributed by atoms with Crippen LogP contribution in [0.15, 0.2) is 67.4 Å². The van der Waals surface area contributed by atoms with Crippen molar-refractivity contribution in [2.75, 3.05) is 56.6 Å². The second-order valence-corrected chi connectivity index (χ2v) is 11.8. The summed E-state index contributed by atoms with van der Waals surface area (Å²) < 4.78 is 14.1. The zero-order chi connectivity index (χ0) is 30.5. The molecule has 3 aliphatic rings. The highest BCUT2D eigenvalue weighted by Crippen LogP contribution is 2.36. The van der Waals surface area contributed by atoms with Crippen molar-refractivity contribution in [2.24, 2.45) is 5.92 Å². The molecule has 228 valence electrons. The molecule has 0 unspecified atom stereocenters. The lowest BCUT2D eigenvalue weighted by molar-refractivity contribution is -0.129. The third-order valence-electron chi connectivity index (χ3n) is 8.57. The Labute approximate surface area is 259 Å². The summed E-state index contributed by atoms with van der Waals surface area (Å²) in [6.45, 7) is 6.32. The summed E-state index contributed by atoms with van der Waals surface area (Å²) in [6, 6.07) is 11.4. The van der Waals surface area contributed by atoms with Gasteiger partial charge in [-0.3, -0.25) is 4.79 Å². The molecule has 0 saturated carbocycles. The zero-order valence-corrected chi connectivity index (χ0v) is 25.0. The summed E-state index contributed by atoms with van der Waals surface area (Å²) in [5, 5.41) is 7.55. The predicted octanol–water partition coefficient (Wildman–Crippen LogP) is 3.44. The van der Waals surface area contributed by atoms with E-state index in [2.05, 4.69) is 42.2 Å². The topological polar surface area (TPSA) is 126 Å². The monoisotopic (exact) mass is 604 g/mol. The molecule has 13 heteroatoms. The van der Waals surface area contributed by atoms with E-state index in [0.29, 0.717) is 66.2 Å². The van der Waals surface area contributed by atoms with Gasteiger partial charge in [0.25, 0.3) is 0 Å². The Morgan fingerprint density at radius 1 is 1.07 bits per heavy atom. The number of anilines is 3. The minimum Gasteiger partial charge on any atom is -0.487 e. The van der Waals surface area contributed by atoms with Gasteiger partial charge in [0.2, 0.25) is 5.91 Å². The fourth-order valence-corrected chi connectivity index (χ4v) is 6.20. The van der Waals surface area contributed by atoms with Gasteiger partial charge >= 0.3 is 0 Å². The molecule has 1 atom stereocenters. The minimum atomic E-state index is -0.0667. The SMILES string of the molecule is Cc1cc(Nc2ncnc3cc4c(nc23)N2CCN(C(=O)/C=C/C3CN(C)C3)[C@H](CO4)C2)ccc1Oc1ccn2ncnc2c1. The Morgan fingerprint density at radius 2 is 1.98 bits per heavy atom. The number of aromatic nitrogens is 6. The van der Waals surface area contributed by atoms with E-state index in [0.717, 1.165) is 35.9 Å². The Bertz CT molecular complexity index is 1950. The lowest BCUT2D eigenvalue weighted by Gasteiger charge is -2.39. The van der Waals surface area contributed by atoms with Gasteiger partial charge in [-0.2, -0.15) is 5.10 Å². The van der Waals surface area contributed by atoms with Gasteiger partial charge in [0.1, 0.15) is 36.3 Å². The van der Waals surface area contributed by atoms with Crippen LogP contribution in [-0.2, 0) is 4.79 Å². The van der Waals surface area contributed by atoms with Crippen LogP contribution >= 0.6 is 0 Å². The highest BCUT2D eigenvalue weighted by molar-refractivity contribution is 5.90. The first-order chi connectivity index (χ1) is 22.0. The third kappa shape index (κ3) is 5.24. The molecule has 45 heavy (non-hydrogen) atoms. The van der Waals surface area contributed by atoms with Gasteiger partial charge in [0.05, 0.1) is 11.6 Å². The summed E-state index contributed by atoms with van der Waals surface area (Å²) in [7, 11) is 2.09. The average Bonchev–Trinajstić information content (AvgIpc) is 3.45. The molecule has 13 nitrogen and oxygen atoms in total. The molecule has 1 aromatic carbocycles. The van der Waals surface area contributed by atoms with Crippen LogP contribution in [-0.4, -0.2) is 97.7 Å². The van der Waals surface area contributed by atoms with E-state index in [9.17, 15) is 4.79 Å². The van der Waals surface area contributed by atoms with Gasteiger partial charge in [-0.15, -0.1) is 0 Å². The molecule has 8 rings (SSSR count). The Hall–Kier alpha value is -5.30. The summed E-state index contributed by atoms with van der Waals surface area (Å²) in [6.07, 6.45) is 8.63. The summed E-state index contributed by atoms with van der Waals surface area (Å²) in [5.41, 5.74) is 3.82. The molecule has 2 saturated heterocycles. The Morgan fingerprint density at radius 3 is 2.84 bits per heavy atom. The Balaban J connectivity index is 1.00. The van der Waals surface area contributed by atoms with Crippen LogP contribution in [0.25, 0.3) is 16.7 Å². The highest BCUT2D eigenvalue weighted by atomic mass is 16.5. The van der Waals surface area contributed by atoms with Crippen molar-refractivity contribution in [3.63, 3.8) is 0 Å². The van der Waals surface area contributed by atoms with Crippen LogP contribution in [0.4, 0.5) is 17.3 Å². The van der Waals surface area contributed by atoms with E-state index >= 15 is 0 Å². The molecule has 0 radical (unpaired) electrons. The number of ether oxygens (including phenoxy) is 2. The normalized spacial score (nSPS) is 18.5. The van der Waals surface area contributed by atoms with E-state index < -0.39 is 0 Å². The molecule has 4 aromatic heterocycles. The van der Waals surface area contributed by atoms with E-state index in [1.54, 1.807) is 10.6 Å². The highest BCUT2D eigenvalue weighted by Gasteiger charge is 2.35. The first-order valence-corrected chi connectivity index (χ1v) is 15.0. The number of benzene rings is 1. The molecule has 7 heterocycles. The summed E-state index contributed by atoms with van der Waals surface area (Å²) in [5.74, 6) is 3.91. The molecular weight excluding hydrogens is 572 g/mol. The van der Waals surface area contributed by atoms with Gasteiger partial charge in [-0.1, -0.05) is 6.08 Å². The van der Waals surface area contributed by atoms with Crippen LogP contribution in [0.3, 0.4) is 0 Å². The summed E-state index contributed by atoms with van der Waals surface area (Å²) in [4.78, 5) is 37.7. The maximum absolute atomic E-state index is 13.1. The molecule has 2 fully saturated rings. The lowest BCUT2D eigenvalue weighted by Crippen LogP contribution is -2.56. The molecule has 5 aromatic rings. The van der Waals surface area contributed by atoms with Gasteiger partial charge in [0, 0.05) is 62.7 Å². The van der Waals surface area contributed by atoms with Crippen LogP contribution < -0.4 is 19.7 Å². The molecule has 0 aliphatic carbocycles. The van der Waals surface area contributed by atoms with Crippen molar-refractivity contribution >= 4 is 39.9 Å². The average molecular weight is 605 g/mol. The summed E-state index contributed by atoms with van der Waals surface area (Å²) >= 11 is 0. The smallest absolute Gasteiger partial charge is 0.246 e. The number of carbonyl (C=O) groups excluding carboxylic acids is 1. The largest absolute Gasteiger partial charge is 0.487 e. The number of likely N-dealkylation sites (tertiary alicyclic amines) is 1. The third-order valence-corrected chi connectivity index (χ3v) is 8.57. The fourth-order valence-electron chi connectivity index (χ4n) is 6.20. The predicted molar refractivity (Wildman–Crippen MR) is 168 cm³/mol. The van der Waals surface area contributed by atoms with Crippen molar-refractivity contribution in [3.8, 4) is 17.2 Å². The number of hydrogen-bond acceptors (Lipinski definition) is 11. The molecule has 0 spiro atoms. The van der Waals surface area contributed by atoms with Crippen molar-refractivity contribution in [2.45, 2.75) is 13.0 Å². The van der Waals surface area contributed by atoms with E-state index in [1.165, 1.54) is 12.7 Å². The maximum atomic E-state index is 13.1. The van der Waals surface area contributed by atoms with Gasteiger partial charge in [-0.25, -0.2) is 24.5 Å². The van der Waals surface area contributed by atoms with Gasteiger partial charge in [-0.05, 0) is 49.9 Å². The van der Waals surface area contributed by atoms with E-state index in [-0.39, 0.29) is 11.9 Å². The fraction of sp³-hybridized carbons (Fsp3) is 0.312. The standard InChI is InChI=1S/C32H32N10O3/c1-20-11-22(4-5-26(20)45-24-7-8-42-28(12-24)34-19-36-42)37-31-30-25(33-18-35-31)13-27-32(38-30)40-9-10-41(23(16-40)17-44-27)29(43)6-3-21-14-39(2)15-21/h3-8,11-13,18-19,21,23H,9-10,14-17H2,1-2H3,(H,33,35,37)/b6-3+/t23-/m0/s1. The number of amides is 1. The number of fused-ring (bicyclic) bond motifs is 6. The number of hydrogen-bond donors (Lipinski definition) is 1. The number of nitrogens with one attached hydrogen (secondary N) is 1. The number of aryl methyl sites for hydroxylation is 1. The van der Waals surface area contributed by atoms with Gasteiger partial charge in [0.15, 0.2) is 23.0 Å². The van der Waals surface area contributed by atoms with Crippen LogP contribution in [0.1, 0.15) is 5.56 Å². The minimum absolute atomic E-state index is 0.0438. The lowest BCUT2D eigenvalue weighted by atomic mass is 10.0. The first kappa shape index (κ1) is 27.3. The maximum Gasteiger partial charge on any atom is 0.246 e. The second kappa shape index (κ2) is 11.0. The van der Waals surface area contributed by atoms with E-state index in [1.807, 2.05) is 60.5 Å². The number of piperazine rings is 1. The molecule has 2 bridgehead atoms. The van der Waals surface area contributed by atoms with Crippen LogP contribution in [0, 0.1) is 12.8 Å². The van der Waals surface area contributed by atoms with Crippen molar-refractivity contribution in [3.05, 3.63) is 73.0 Å². The van der Waals surface area contributed by atoms with E-state index in [4.69, 9.17) is 14.5 Å².